The van der Waals surface area contributed by atoms with E-state index in [2.05, 4.69) is 10.6 Å². The molecule has 1 aliphatic rings. The second kappa shape index (κ2) is 7.90. The number of halogens is 1. The molecule has 1 aliphatic heterocycles. The van der Waals surface area contributed by atoms with Crippen molar-refractivity contribution in [2.75, 3.05) is 19.0 Å². The van der Waals surface area contributed by atoms with Crippen LogP contribution in [0.25, 0.3) is 0 Å². The van der Waals surface area contributed by atoms with Gasteiger partial charge in [-0.05, 0) is 36.2 Å². The Morgan fingerprint density at radius 2 is 1.86 bits per heavy atom. The second-order valence-electron chi connectivity index (χ2n) is 6.34. The van der Waals surface area contributed by atoms with Gasteiger partial charge in [0.2, 0.25) is 5.91 Å². The van der Waals surface area contributed by atoms with Gasteiger partial charge >= 0.3 is 6.03 Å². The van der Waals surface area contributed by atoms with Crippen LogP contribution < -0.4 is 15.4 Å². The average Bonchev–Trinajstić information content (AvgIpc) is 2.94. The molecule has 2 aromatic carbocycles. The summed E-state index contributed by atoms with van der Waals surface area (Å²) in [5, 5.41) is 5.93. The summed E-state index contributed by atoms with van der Waals surface area (Å²) >= 11 is 5.93. The first-order valence-electron chi connectivity index (χ1n) is 8.74. The van der Waals surface area contributed by atoms with Gasteiger partial charge in [0.05, 0.1) is 12.8 Å². The minimum atomic E-state index is -1.22. The number of amides is 4. The molecule has 0 spiro atoms. The molecule has 0 saturated carbocycles. The van der Waals surface area contributed by atoms with E-state index in [4.69, 9.17) is 16.3 Å². The van der Waals surface area contributed by atoms with E-state index in [1.54, 1.807) is 55.5 Å². The van der Waals surface area contributed by atoms with Gasteiger partial charge in [-0.2, -0.15) is 0 Å². The predicted octanol–water partition coefficient (Wildman–Crippen LogP) is 3.14. The molecule has 146 valence electrons. The zero-order valence-corrected chi connectivity index (χ0v) is 16.2. The Hall–Kier alpha value is -3.06. The zero-order chi connectivity index (χ0) is 20.3. The first-order chi connectivity index (χ1) is 13.4. The van der Waals surface area contributed by atoms with E-state index >= 15 is 0 Å². The van der Waals surface area contributed by atoms with Crippen LogP contribution in [0.2, 0.25) is 5.02 Å². The van der Waals surface area contributed by atoms with E-state index < -0.39 is 29.9 Å². The minimum absolute atomic E-state index is 0.337. The van der Waals surface area contributed by atoms with Crippen LogP contribution in [0.5, 0.6) is 5.75 Å². The molecule has 0 aliphatic carbocycles. The summed E-state index contributed by atoms with van der Waals surface area (Å²) in [6, 6.07) is 13.0. The predicted molar refractivity (Wildman–Crippen MR) is 105 cm³/mol. The number of anilines is 1. The van der Waals surface area contributed by atoms with Gasteiger partial charge in [-0.25, -0.2) is 4.79 Å². The Balaban J connectivity index is 1.79. The second-order valence-corrected chi connectivity index (χ2v) is 6.77. The summed E-state index contributed by atoms with van der Waals surface area (Å²) in [6.07, 6.45) is 0.337. The first-order valence-corrected chi connectivity index (χ1v) is 9.12. The molecule has 0 bridgehead atoms. The third-order valence-corrected chi connectivity index (χ3v) is 4.98. The van der Waals surface area contributed by atoms with Crippen molar-refractivity contribution < 1.29 is 19.1 Å². The summed E-state index contributed by atoms with van der Waals surface area (Å²) in [5.41, 5.74) is -0.140. The number of ether oxygens (including phenoxy) is 1. The van der Waals surface area contributed by atoms with Crippen LogP contribution in [0.4, 0.5) is 10.5 Å². The number of carbonyl (C=O) groups excluding carboxylic acids is 3. The van der Waals surface area contributed by atoms with Crippen LogP contribution in [-0.4, -0.2) is 36.4 Å². The fourth-order valence-corrected chi connectivity index (χ4v) is 3.35. The molecule has 2 aromatic rings. The number of rotatable bonds is 6. The highest BCUT2D eigenvalue weighted by Gasteiger charge is 2.51. The van der Waals surface area contributed by atoms with Crippen molar-refractivity contribution in [3.63, 3.8) is 0 Å². The van der Waals surface area contributed by atoms with E-state index in [-0.39, 0.29) is 0 Å². The van der Waals surface area contributed by atoms with Gasteiger partial charge in [0, 0.05) is 5.02 Å². The lowest BCUT2D eigenvalue weighted by Gasteiger charge is -2.25. The minimum Gasteiger partial charge on any atom is -0.495 e. The maximum atomic E-state index is 13.1. The smallest absolute Gasteiger partial charge is 0.325 e. The van der Waals surface area contributed by atoms with Gasteiger partial charge in [-0.3, -0.25) is 14.5 Å². The molecule has 1 heterocycles. The van der Waals surface area contributed by atoms with E-state index in [1.807, 2.05) is 0 Å². The number of methoxy groups -OCH3 is 1. The number of carbonyl (C=O) groups is 3. The quantitative estimate of drug-likeness (QED) is 0.728. The Kier molecular flexibility index (Phi) is 5.56. The molecule has 0 aromatic heterocycles. The topological polar surface area (TPSA) is 87.7 Å². The number of urea groups is 1. The van der Waals surface area contributed by atoms with Crippen LogP contribution in [0.1, 0.15) is 18.9 Å². The highest BCUT2D eigenvalue weighted by molar-refractivity contribution is 6.30. The zero-order valence-electron chi connectivity index (χ0n) is 15.5. The highest BCUT2D eigenvalue weighted by atomic mass is 35.5. The molecule has 4 amide bonds. The number of nitrogens with one attached hydrogen (secondary N) is 2. The standard InChI is InChI=1S/C20H20ClN3O4/c1-3-20(13-8-10-14(21)11-9-13)18(26)24(19(27)23-20)12-17(25)22-15-6-4-5-7-16(15)28-2/h4-11H,3,12H2,1-2H3,(H,22,25)(H,23,27). The molecule has 1 saturated heterocycles. The lowest BCUT2D eigenvalue weighted by Crippen LogP contribution is -2.44. The maximum Gasteiger partial charge on any atom is 0.325 e. The van der Waals surface area contributed by atoms with Crippen LogP contribution >= 0.6 is 11.6 Å². The molecule has 1 unspecified atom stereocenters. The molecular formula is C20H20ClN3O4. The Morgan fingerprint density at radius 3 is 2.50 bits per heavy atom. The van der Waals surface area contributed by atoms with Crippen molar-refractivity contribution >= 4 is 35.1 Å². The van der Waals surface area contributed by atoms with E-state index in [9.17, 15) is 14.4 Å². The van der Waals surface area contributed by atoms with Crippen molar-refractivity contribution in [1.29, 1.82) is 0 Å². The molecule has 1 atom stereocenters. The number of nitrogens with zero attached hydrogens (tertiary/aromatic N) is 1. The molecule has 3 rings (SSSR count). The van der Waals surface area contributed by atoms with Gasteiger partial charge < -0.3 is 15.4 Å². The normalized spacial score (nSPS) is 18.8. The molecule has 28 heavy (non-hydrogen) atoms. The summed E-state index contributed by atoms with van der Waals surface area (Å²) in [6.45, 7) is 1.39. The summed E-state index contributed by atoms with van der Waals surface area (Å²) in [5.74, 6) is -0.495. The summed E-state index contributed by atoms with van der Waals surface area (Å²) in [4.78, 5) is 38.9. The number of hydrogen-bond donors (Lipinski definition) is 2. The Bertz CT molecular complexity index is 916. The average molecular weight is 402 g/mol. The highest BCUT2D eigenvalue weighted by Crippen LogP contribution is 2.33. The van der Waals surface area contributed by atoms with E-state index in [1.165, 1.54) is 7.11 Å². The lowest BCUT2D eigenvalue weighted by molar-refractivity contribution is -0.134. The van der Waals surface area contributed by atoms with Gasteiger partial charge in [-0.15, -0.1) is 0 Å². The van der Waals surface area contributed by atoms with Crippen LogP contribution in [0, 0.1) is 0 Å². The van der Waals surface area contributed by atoms with Gasteiger partial charge in [0.1, 0.15) is 17.8 Å². The van der Waals surface area contributed by atoms with Crippen LogP contribution in [0.3, 0.4) is 0 Å². The molecule has 1 fully saturated rings. The summed E-state index contributed by atoms with van der Waals surface area (Å²) < 4.78 is 5.19. The number of para-hydroxylation sites is 2. The van der Waals surface area contributed by atoms with Crippen LogP contribution in [0.15, 0.2) is 48.5 Å². The molecule has 2 N–H and O–H groups in total. The van der Waals surface area contributed by atoms with Gasteiger partial charge in [-0.1, -0.05) is 42.8 Å². The first kappa shape index (κ1) is 19.7. The third kappa shape index (κ3) is 3.53. The number of benzene rings is 2. The van der Waals surface area contributed by atoms with E-state index in [0.717, 1.165) is 4.90 Å². The summed E-state index contributed by atoms with van der Waals surface area (Å²) in [7, 11) is 1.49. The Morgan fingerprint density at radius 1 is 1.18 bits per heavy atom. The van der Waals surface area contributed by atoms with Crippen molar-refractivity contribution in [3.05, 3.63) is 59.1 Å². The Labute approximate surface area is 167 Å². The SMILES string of the molecule is CCC1(c2ccc(Cl)cc2)NC(=O)N(CC(=O)Nc2ccccc2OC)C1=O. The molecule has 8 heteroatoms. The van der Waals surface area contributed by atoms with Gasteiger partial charge in [0.25, 0.3) is 5.91 Å². The molecule has 7 nitrogen and oxygen atoms in total. The van der Waals surface area contributed by atoms with Crippen molar-refractivity contribution in [2.45, 2.75) is 18.9 Å². The van der Waals surface area contributed by atoms with Crippen molar-refractivity contribution in [3.8, 4) is 5.75 Å². The maximum absolute atomic E-state index is 13.1. The van der Waals surface area contributed by atoms with E-state index in [0.29, 0.717) is 28.4 Å². The number of imide groups is 1. The fourth-order valence-electron chi connectivity index (χ4n) is 3.22. The van der Waals surface area contributed by atoms with Crippen molar-refractivity contribution in [2.24, 2.45) is 0 Å². The fraction of sp³-hybridized carbons (Fsp3) is 0.250. The van der Waals surface area contributed by atoms with Gasteiger partial charge in [0.15, 0.2) is 0 Å². The lowest BCUT2D eigenvalue weighted by atomic mass is 9.87. The van der Waals surface area contributed by atoms with Crippen LogP contribution in [-0.2, 0) is 15.1 Å². The third-order valence-electron chi connectivity index (χ3n) is 4.73. The number of hydrogen-bond acceptors (Lipinski definition) is 4. The molecular weight excluding hydrogens is 382 g/mol. The van der Waals surface area contributed by atoms with Crippen molar-refractivity contribution in [1.82, 2.24) is 10.2 Å². The monoisotopic (exact) mass is 401 g/mol. The largest absolute Gasteiger partial charge is 0.495 e. The molecule has 0 radical (unpaired) electrons.